The van der Waals surface area contributed by atoms with Gasteiger partial charge in [0.05, 0.1) is 4.90 Å². The molecule has 5 heteroatoms. The zero-order valence-corrected chi connectivity index (χ0v) is 15.4. The predicted molar refractivity (Wildman–Crippen MR) is 97.5 cm³/mol. The Morgan fingerprint density at radius 3 is 2.22 bits per heavy atom. The first-order valence-corrected chi connectivity index (χ1v) is 9.29. The van der Waals surface area contributed by atoms with Crippen LogP contribution in [0, 0.1) is 5.41 Å². The standard InChI is InChI=1S/C18H26N2O2S/c1-18(2,3)12-13-19-23(21,22)17-11-7-8-14-15(17)9-6-10-16(14)20(4)5/h6-11,19H,12-13H2,1-5H3. The third-order valence-corrected chi connectivity index (χ3v) is 5.32. The van der Waals surface area contributed by atoms with Crippen molar-refractivity contribution in [2.75, 3.05) is 25.5 Å². The number of fused-ring (bicyclic) bond motifs is 1. The van der Waals surface area contributed by atoms with Crippen LogP contribution in [0.5, 0.6) is 0 Å². The van der Waals surface area contributed by atoms with Crippen LogP contribution in [-0.4, -0.2) is 29.1 Å². The van der Waals surface area contributed by atoms with Gasteiger partial charge in [-0.2, -0.15) is 0 Å². The van der Waals surface area contributed by atoms with Crippen molar-refractivity contribution in [1.29, 1.82) is 0 Å². The summed E-state index contributed by atoms with van der Waals surface area (Å²) < 4.78 is 28.1. The van der Waals surface area contributed by atoms with Gasteiger partial charge in [0.2, 0.25) is 10.0 Å². The lowest BCUT2D eigenvalue weighted by atomic mass is 9.93. The quantitative estimate of drug-likeness (QED) is 0.908. The molecule has 0 bridgehead atoms. The molecular weight excluding hydrogens is 308 g/mol. The molecule has 0 unspecified atom stereocenters. The molecule has 0 atom stereocenters. The van der Waals surface area contributed by atoms with Gasteiger partial charge in [0.25, 0.3) is 0 Å². The van der Waals surface area contributed by atoms with Crippen LogP contribution in [0.4, 0.5) is 5.69 Å². The fourth-order valence-corrected chi connectivity index (χ4v) is 3.78. The number of benzene rings is 2. The molecule has 0 saturated carbocycles. The molecule has 0 aliphatic rings. The Morgan fingerprint density at radius 2 is 1.61 bits per heavy atom. The summed E-state index contributed by atoms with van der Waals surface area (Å²) in [5.41, 5.74) is 1.11. The summed E-state index contributed by atoms with van der Waals surface area (Å²) >= 11 is 0. The Balaban J connectivity index is 2.41. The predicted octanol–water partition coefficient (Wildman–Crippen LogP) is 3.62. The van der Waals surface area contributed by atoms with Crippen LogP contribution < -0.4 is 9.62 Å². The Labute approximate surface area is 139 Å². The first-order chi connectivity index (χ1) is 10.6. The largest absolute Gasteiger partial charge is 0.377 e. The molecule has 2 aromatic rings. The lowest BCUT2D eigenvalue weighted by molar-refractivity contribution is 0.378. The second-order valence-corrected chi connectivity index (χ2v) is 8.97. The summed E-state index contributed by atoms with van der Waals surface area (Å²) in [6.45, 7) is 6.74. The van der Waals surface area contributed by atoms with Crippen molar-refractivity contribution in [3.63, 3.8) is 0 Å². The Bertz CT molecular complexity index is 790. The van der Waals surface area contributed by atoms with Crippen molar-refractivity contribution in [2.45, 2.75) is 32.1 Å². The molecule has 0 aromatic heterocycles. The normalized spacial score (nSPS) is 12.6. The van der Waals surface area contributed by atoms with E-state index in [-0.39, 0.29) is 5.41 Å². The van der Waals surface area contributed by atoms with Crippen molar-refractivity contribution in [3.8, 4) is 0 Å². The van der Waals surface area contributed by atoms with Crippen LogP contribution in [0.3, 0.4) is 0 Å². The second kappa shape index (κ2) is 6.49. The fourth-order valence-electron chi connectivity index (χ4n) is 2.53. The zero-order valence-electron chi connectivity index (χ0n) is 14.6. The van der Waals surface area contributed by atoms with Crippen LogP contribution in [-0.2, 0) is 10.0 Å². The second-order valence-electron chi connectivity index (χ2n) is 7.23. The maximum atomic E-state index is 12.7. The molecule has 0 aliphatic carbocycles. The Morgan fingerprint density at radius 1 is 1.00 bits per heavy atom. The first kappa shape index (κ1) is 17.8. The lowest BCUT2D eigenvalue weighted by Crippen LogP contribution is -2.27. The number of hydrogen-bond donors (Lipinski definition) is 1. The molecule has 0 amide bonds. The number of rotatable bonds is 5. The lowest BCUT2D eigenvalue weighted by Gasteiger charge is -2.19. The van der Waals surface area contributed by atoms with Crippen molar-refractivity contribution < 1.29 is 8.42 Å². The molecule has 0 radical (unpaired) electrons. The van der Waals surface area contributed by atoms with Gasteiger partial charge in [-0.1, -0.05) is 45.0 Å². The van der Waals surface area contributed by atoms with Crippen LogP contribution in [0.25, 0.3) is 10.8 Å². The van der Waals surface area contributed by atoms with Gasteiger partial charge < -0.3 is 4.90 Å². The van der Waals surface area contributed by atoms with Crippen molar-refractivity contribution >= 4 is 26.5 Å². The molecule has 1 N–H and O–H groups in total. The number of anilines is 1. The van der Waals surface area contributed by atoms with Crippen molar-refractivity contribution in [2.24, 2.45) is 5.41 Å². The van der Waals surface area contributed by atoms with E-state index in [1.807, 2.05) is 43.3 Å². The molecule has 0 spiro atoms. The molecule has 4 nitrogen and oxygen atoms in total. The highest BCUT2D eigenvalue weighted by Crippen LogP contribution is 2.30. The van der Waals surface area contributed by atoms with E-state index in [0.29, 0.717) is 11.4 Å². The van der Waals surface area contributed by atoms with Gasteiger partial charge in [0, 0.05) is 37.1 Å². The van der Waals surface area contributed by atoms with Crippen molar-refractivity contribution in [3.05, 3.63) is 36.4 Å². The van der Waals surface area contributed by atoms with Crippen LogP contribution >= 0.6 is 0 Å². The molecule has 2 rings (SSSR count). The van der Waals surface area contributed by atoms with Gasteiger partial charge in [-0.15, -0.1) is 0 Å². The van der Waals surface area contributed by atoms with Crippen LogP contribution in [0.2, 0.25) is 0 Å². The molecule has 0 fully saturated rings. The third-order valence-electron chi connectivity index (χ3n) is 3.80. The van der Waals surface area contributed by atoms with Gasteiger partial charge in [-0.05, 0) is 24.0 Å². The van der Waals surface area contributed by atoms with Gasteiger partial charge >= 0.3 is 0 Å². The summed E-state index contributed by atoms with van der Waals surface area (Å²) in [6.07, 6.45) is 0.792. The zero-order chi connectivity index (χ0) is 17.3. The van der Waals surface area contributed by atoms with Gasteiger partial charge in [0.1, 0.15) is 0 Å². The van der Waals surface area contributed by atoms with E-state index >= 15 is 0 Å². The van der Waals surface area contributed by atoms with E-state index in [9.17, 15) is 8.42 Å². The SMILES string of the molecule is CN(C)c1cccc2c(S(=O)(=O)NCCC(C)(C)C)cccc12. The minimum absolute atomic E-state index is 0.0966. The number of sulfonamides is 1. The molecular formula is C18H26N2O2S. The minimum atomic E-state index is -3.52. The highest BCUT2D eigenvalue weighted by Gasteiger charge is 2.19. The average Bonchev–Trinajstić information content (AvgIpc) is 2.44. The maximum Gasteiger partial charge on any atom is 0.241 e. The first-order valence-electron chi connectivity index (χ1n) is 7.80. The monoisotopic (exact) mass is 334 g/mol. The third kappa shape index (κ3) is 4.24. The van der Waals surface area contributed by atoms with Crippen LogP contribution in [0.15, 0.2) is 41.3 Å². The number of nitrogens with zero attached hydrogens (tertiary/aromatic N) is 1. The highest BCUT2D eigenvalue weighted by atomic mass is 32.2. The smallest absolute Gasteiger partial charge is 0.241 e. The molecule has 23 heavy (non-hydrogen) atoms. The highest BCUT2D eigenvalue weighted by molar-refractivity contribution is 7.89. The topological polar surface area (TPSA) is 49.4 Å². The summed E-state index contributed by atoms with van der Waals surface area (Å²) in [5, 5.41) is 1.69. The van der Waals surface area contributed by atoms with E-state index in [1.54, 1.807) is 12.1 Å². The molecule has 0 aliphatic heterocycles. The molecule has 0 saturated heterocycles. The van der Waals surface area contributed by atoms with Gasteiger partial charge in [0.15, 0.2) is 0 Å². The van der Waals surface area contributed by atoms with Crippen LogP contribution in [0.1, 0.15) is 27.2 Å². The van der Waals surface area contributed by atoms with E-state index < -0.39 is 10.0 Å². The molecule has 2 aromatic carbocycles. The number of hydrogen-bond acceptors (Lipinski definition) is 3. The summed E-state index contributed by atoms with van der Waals surface area (Å²) in [4.78, 5) is 2.33. The summed E-state index contributed by atoms with van der Waals surface area (Å²) in [7, 11) is 0.391. The Kier molecular flexibility index (Phi) is 5.01. The van der Waals surface area contributed by atoms with E-state index in [1.165, 1.54) is 0 Å². The van der Waals surface area contributed by atoms with E-state index in [2.05, 4.69) is 25.5 Å². The molecule has 126 valence electrons. The minimum Gasteiger partial charge on any atom is -0.377 e. The number of nitrogens with one attached hydrogen (secondary N) is 1. The van der Waals surface area contributed by atoms with E-state index in [0.717, 1.165) is 22.9 Å². The summed E-state index contributed by atoms with van der Waals surface area (Å²) in [6, 6.07) is 11.2. The average molecular weight is 334 g/mol. The van der Waals surface area contributed by atoms with Gasteiger partial charge in [-0.25, -0.2) is 13.1 Å². The maximum absolute atomic E-state index is 12.7. The Hall–Kier alpha value is -1.59. The summed E-state index contributed by atoms with van der Waals surface area (Å²) in [5.74, 6) is 0. The van der Waals surface area contributed by atoms with Crippen molar-refractivity contribution in [1.82, 2.24) is 4.72 Å². The van der Waals surface area contributed by atoms with Gasteiger partial charge in [-0.3, -0.25) is 0 Å². The van der Waals surface area contributed by atoms with E-state index in [4.69, 9.17) is 0 Å². The molecule has 0 heterocycles. The fraction of sp³-hybridized carbons (Fsp3) is 0.444.